The first-order chi connectivity index (χ1) is 19.0. The summed E-state index contributed by atoms with van der Waals surface area (Å²) in [6.45, 7) is -0.0634. The average Bonchev–Trinajstić information content (AvgIpc) is 3.29. The minimum absolute atomic E-state index is 0.0147. The van der Waals surface area contributed by atoms with Crippen LogP contribution in [0.2, 0.25) is 10.0 Å². The van der Waals surface area contributed by atoms with Crippen molar-refractivity contribution in [3.8, 4) is 17.0 Å². The Morgan fingerprint density at radius 1 is 0.925 bits per heavy atom. The minimum Gasteiger partial charge on any atom is -0.489 e. The van der Waals surface area contributed by atoms with Crippen LogP contribution in [0.5, 0.6) is 5.75 Å². The molecule has 6 nitrogen and oxygen atoms in total. The normalized spacial score (nSPS) is 11.5. The molecule has 5 aromatic rings. The van der Waals surface area contributed by atoms with Gasteiger partial charge in [0.05, 0.1) is 27.2 Å². The summed E-state index contributed by atoms with van der Waals surface area (Å²) in [6.07, 6.45) is -4.85. The molecule has 11 heteroatoms. The number of para-hydroxylation sites is 1. The number of ether oxygens (including phenoxy) is 1. The van der Waals surface area contributed by atoms with Gasteiger partial charge in [0.15, 0.2) is 0 Å². The van der Waals surface area contributed by atoms with Gasteiger partial charge in [-0.05, 0) is 60.2 Å². The number of carboxylic acids is 1. The number of aromatic nitrogens is 2. The fourth-order valence-electron chi connectivity index (χ4n) is 4.28. The highest BCUT2D eigenvalue weighted by Gasteiger charge is 2.37. The van der Waals surface area contributed by atoms with E-state index in [1.807, 2.05) is 6.07 Å². The standard InChI is InChI=1S/C29H17Cl2F3N2O4/c30-18-10-12-24-21(14-18)26(35-36(24)27(37)25-22(29(32,33)34)7-4-8-23(25)31)20-11-9-16(28(38)39)13-17(20)15-40-19-5-2-1-3-6-19/h1-14H,15H2,(H,38,39). The summed E-state index contributed by atoms with van der Waals surface area (Å²) in [5.74, 6) is -1.73. The molecule has 0 atom stereocenters. The summed E-state index contributed by atoms with van der Waals surface area (Å²) < 4.78 is 48.1. The lowest BCUT2D eigenvalue weighted by atomic mass is 9.99. The number of hydrogen-bond donors (Lipinski definition) is 1. The van der Waals surface area contributed by atoms with E-state index in [0.717, 1.165) is 16.8 Å². The predicted molar refractivity (Wildman–Crippen MR) is 144 cm³/mol. The molecule has 0 radical (unpaired) electrons. The molecule has 40 heavy (non-hydrogen) atoms. The second-order valence-corrected chi connectivity index (χ2v) is 9.51. The molecule has 0 unspecified atom stereocenters. The Kier molecular flexibility index (Phi) is 7.27. The molecule has 1 aromatic heterocycles. The van der Waals surface area contributed by atoms with Crippen LogP contribution in [-0.2, 0) is 12.8 Å². The fourth-order valence-corrected chi connectivity index (χ4v) is 4.71. The zero-order valence-corrected chi connectivity index (χ0v) is 21.8. The van der Waals surface area contributed by atoms with Gasteiger partial charge < -0.3 is 9.84 Å². The summed E-state index contributed by atoms with van der Waals surface area (Å²) in [6, 6.07) is 20.6. The van der Waals surface area contributed by atoms with Gasteiger partial charge in [-0.15, -0.1) is 0 Å². The van der Waals surface area contributed by atoms with Gasteiger partial charge in [0.25, 0.3) is 5.91 Å². The van der Waals surface area contributed by atoms with E-state index in [1.54, 1.807) is 24.3 Å². The summed E-state index contributed by atoms with van der Waals surface area (Å²) >= 11 is 12.3. The van der Waals surface area contributed by atoms with Gasteiger partial charge in [-0.1, -0.05) is 53.5 Å². The molecule has 202 valence electrons. The maximum Gasteiger partial charge on any atom is 0.417 e. The molecular weight excluding hydrogens is 568 g/mol. The first-order valence-electron chi connectivity index (χ1n) is 11.7. The summed E-state index contributed by atoms with van der Waals surface area (Å²) in [4.78, 5) is 25.3. The van der Waals surface area contributed by atoms with Crippen LogP contribution in [0.3, 0.4) is 0 Å². The van der Waals surface area contributed by atoms with E-state index < -0.39 is 29.2 Å². The number of benzene rings is 4. The number of alkyl halides is 3. The number of rotatable bonds is 6. The van der Waals surface area contributed by atoms with Crippen molar-refractivity contribution in [1.29, 1.82) is 0 Å². The van der Waals surface area contributed by atoms with Crippen molar-refractivity contribution >= 4 is 46.0 Å². The fraction of sp³-hybridized carbons (Fsp3) is 0.0690. The van der Waals surface area contributed by atoms with Gasteiger partial charge in [0, 0.05) is 16.0 Å². The third-order valence-electron chi connectivity index (χ3n) is 6.11. The zero-order valence-electron chi connectivity index (χ0n) is 20.2. The summed E-state index contributed by atoms with van der Waals surface area (Å²) in [7, 11) is 0. The van der Waals surface area contributed by atoms with Gasteiger partial charge >= 0.3 is 12.1 Å². The summed E-state index contributed by atoms with van der Waals surface area (Å²) in [5, 5.41) is 14.2. The van der Waals surface area contributed by atoms with Crippen molar-refractivity contribution < 1.29 is 32.6 Å². The van der Waals surface area contributed by atoms with Crippen LogP contribution in [-0.4, -0.2) is 26.8 Å². The van der Waals surface area contributed by atoms with Gasteiger partial charge in [0.2, 0.25) is 0 Å². The van der Waals surface area contributed by atoms with Crippen LogP contribution in [0.25, 0.3) is 22.2 Å². The Hall–Kier alpha value is -4.34. The zero-order chi connectivity index (χ0) is 28.6. The SMILES string of the molecule is O=C(O)c1ccc(-c2nn(C(=O)c3c(Cl)cccc3C(F)(F)F)c3ccc(Cl)cc23)c(COc2ccccc2)c1. The van der Waals surface area contributed by atoms with E-state index in [9.17, 15) is 27.9 Å². The first-order valence-corrected chi connectivity index (χ1v) is 12.4. The number of fused-ring (bicyclic) bond motifs is 1. The molecule has 0 aliphatic heterocycles. The topological polar surface area (TPSA) is 81.4 Å². The van der Waals surface area contributed by atoms with Crippen LogP contribution < -0.4 is 4.74 Å². The molecule has 0 aliphatic rings. The lowest BCUT2D eigenvalue weighted by Crippen LogP contribution is -2.20. The van der Waals surface area contributed by atoms with Crippen molar-refractivity contribution in [2.24, 2.45) is 0 Å². The minimum atomic E-state index is -4.85. The Labute approximate surface area is 235 Å². The molecule has 0 bridgehead atoms. The first kappa shape index (κ1) is 27.2. The highest BCUT2D eigenvalue weighted by molar-refractivity contribution is 6.34. The quantitative estimate of drug-likeness (QED) is 0.219. The number of carbonyl (C=O) groups is 2. The monoisotopic (exact) mass is 584 g/mol. The van der Waals surface area contributed by atoms with E-state index >= 15 is 0 Å². The lowest BCUT2D eigenvalue weighted by Gasteiger charge is -2.13. The Bertz CT molecular complexity index is 1770. The van der Waals surface area contributed by atoms with E-state index in [-0.39, 0.29) is 28.4 Å². The molecule has 0 saturated heterocycles. The molecule has 1 N–H and O–H groups in total. The third kappa shape index (κ3) is 5.25. The Morgan fingerprint density at radius 2 is 1.68 bits per heavy atom. The van der Waals surface area contributed by atoms with E-state index in [2.05, 4.69) is 5.10 Å². The van der Waals surface area contributed by atoms with Crippen LogP contribution >= 0.6 is 23.2 Å². The largest absolute Gasteiger partial charge is 0.489 e. The maximum absolute atomic E-state index is 13.8. The molecule has 0 saturated carbocycles. The van der Waals surface area contributed by atoms with Crippen molar-refractivity contribution in [2.45, 2.75) is 12.8 Å². The van der Waals surface area contributed by atoms with Gasteiger partial charge in [0.1, 0.15) is 18.1 Å². The molecule has 0 fully saturated rings. The van der Waals surface area contributed by atoms with Crippen molar-refractivity contribution in [2.75, 3.05) is 0 Å². The van der Waals surface area contributed by atoms with Crippen LogP contribution in [0, 0.1) is 0 Å². The number of hydrogen-bond acceptors (Lipinski definition) is 4. The van der Waals surface area contributed by atoms with E-state index in [1.165, 1.54) is 42.5 Å². The number of halogens is 5. The second kappa shape index (κ2) is 10.7. The molecule has 0 amide bonds. The molecule has 0 aliphatic carbocycles. The molecule has 4 aromatic carbocycles. The smallest absolute Gasteiger partial charge is 0.417 e. The van der Waals surface area contributed by atoms with Gasteiger partial charge in [-0.25, -0.2) is 4.79 Å². The van der Waals surface area contributed by atoms with Gasteiger partial charge in [-0.2, -0.15) is 23.0 Å². The molecule has 1 heterocycles. The lowest BCUT2D eigenvalue weighted by molar-refractivity contribution is -0.137. The second-order valence-electron chi connectivity index (χ2n) is 8.67. The number of nitrogens with zero attached hydrogens (tertiary/aromatic N) is 2. The number of aromatic carboxylic acids is 1. The van der Waals surface area contributed by atoms with Crippen LogP contribution in [0.4, 0.5) is 13.2 Å². The van der Waals surface area contributed by atoms with Crippen LogP contribution in [0.1, 0.15) is 31.8 Å². The molecule has 5 rings (SSSR count). The Morgan fingerprint density at radius 3 is 2.38 bits per heavy atom. The van der Waals surface area contributed by atoms with Crippen molar-refractivity contribution in [1.82, 2.24) is 9.78 Å². The predicted octanol–water partition coefficient (Wildman–Crippen LogP) is 7.99. The van der Waals surface area contributed by atoms with Gasteiger partial charge in [-0.3, -0.25) is 4.79 Å². The van der Waals surface area contributed by atoms with E-state index in [4.69, 9.17) is 27.9 Å². The highest BCUT2D eigenvalue weighted by atomic mass is 35.5. The number of carboxylic acid groups (broad SMARTS) is 1. The van der Waals surface area contributed by atoms with Crippen LogP contribution in [0.15, 0.2) is 84.9 Å². The highest BCUT2D eigenvalue weighted by Crippen LogP contribution is 2.38. The molecular formula is C29H17Cl2F3N2O4. The van der Waals surface area contributed by atoms with E-state index in [0.29, 0.717) is 27.3 Å². The van der Waals surface area contributed by atoms with Crippen molar-refractivity contribution in [3.05, 3.63) is 117 Å². The average molecular weight is 585 g/mol. The van der Waals surface area contributed by atoms with Crippen molar-refractivity contribution in [3.63, 3.8) is 0 Å². The Balaban J connectivity index is 1.70. The maximum atomic E-state index is 13.8. The summed E-state index contributed by atoms with van der Waals surface area (Å²) in [5.41, 5.74) is -0.793. The molecule has 0 spiro atoms. The number of carbonyl (C=O) groups excluding carboxylic acids is 1. The third-order valence-corrected chi connectivity index (χ3v) is 6.66.